The van der Waals surface area contributed by atoms with Crippen LogP contribution in [0.25, 0.3) is 0 Å². The molecule has 3 atom stereocenters. The Labute approximate surface area is 143 Å². The molecule has 0 radical (unpaired) electrons. The van der Waals surface area contributed by atoms with Gasteiger partial charge in [0.15, 0.2) is 0 Å². The predicted octanol–water partition coefficient (Wildman–Crippen LogP) is -0.143. The van der Waals surface area contributed by atoms with E-state index in [1.54, 1.807) is 11.9 Å². The summed E-state index contributed by atoms with van der Waals surface area (Å²) in [6.07, 6.45) is 6.35. The fourth-order valence-corrected chi connectivity index (χ4v) is 4.30. The zero-order valence-corrected chi connectivity index (χ0v) is 14.4. The van der Waals surface area contributed by atoms with E-state index in [0.29, 0.717) is 19.4 Å². The number of nitrogens with one attached hydrogen (secondary N) is 2. The summed E-state index contributed by atoms with van der Waals surface area (Å²) in [4.78, 5) is 41.2. The second-order valence-electron chi connectivity index (χ2n) is 7.14. The molecular weight excluding hydrogens is 308 g/mol. The molecule has 7 nitrogen and oxygen atoms in total. The quantitative estimate of drug-likeness (QED) is 0.748. The number of fused-ring (bicyclic) bond motifs is 1. The first-order valence-electron chi connectivity index (χ1n) is 9.15. The van der Waals surface area contributed by atoms with E-state index in [0.717, 1.165) is 45.2 Å². The van der Waals surface area contributed by atoms with Crippen LogP contribution in [-0.4, -0.2) is 72.3 Å². The molecule has 0 aliphatic carbocycles. The maximum Gasteiger partial charge on any atom is 0.246 e. The Morgan fingerprint density at radius 3 is 2.54 bits per heavy atom. The molecule has 3 heterocycles. The topological polar surface area (TPSA) is 81.8 Å². The summed E-state index contributed by atoms with van der Waals surface area (Å²) in [5.74, 6) is -0.266. The van der Waals surface area contributed by atoms with Crippen LogP contribution in [0.1, 0.15) is 44.9 Å². The van der Waals surface area contributed by atoms with Gasteiger partial charge in [-0.25, -0.2) is 0 Å². The molecule has 3 aliphatic heterocycles. The molecular formula is C17H28N4O3. The van der Waals surface area contributed by atoms with Gasteiger partial charge < -0.3 is 15.5 Å². The van der Waals surface area contributed by atoms with Crippen LogP contribution in [0.15, 0.2) is 0 Å². The molecule has 0 aromatic carbocycles. The van der Waals surface area contributed by atoms with Crippen molar-refractivity contribution in [1.29, 1.82) is 0 Å². The Morgan fingerprint density at radius 1 is 1.08 bits per heavy atom. The highest BCUT2D eigenvalue weighted by molar-refractivity contribution is 5.93. The van der Waals surface area contributed by atoms with Gasteiger partial charge in [-0.3, -0.25) is 19.3 Å². The van der Waals surface area contributed by atoms with Gasteiger partial charge in [0.2, 0.25) is 17.7 Å². The molecule has 3 fully saturated rings. The molecule has 7 heteroatoms. The number of amides is 3. The molecule has 24 heavy (non-hydrogen) atoms. The van der Waals surface area contributed by atoms with Crippen molar-refractivity contribution in [2.45, 2.75) is 63.1 Å². The van der Waals surface area contributed by atoms with Gasteiger partial charge in [-0.05, 0) is 58.0 Å². The molecule has 0 aromatic rings. The highest BCUT2D eigenvalue weighted by Gasteiger charge is 2.44. The third-order valence-corrected chi connectivity index (χ3v) is 5.54. The van der Waals surface area contributed by atoms with Crippen molar-refractivity contribution < 1.29 is 14.4 Å². The fourth-order valence-electron chi connectivity index (χ4n) is 4.30. The van der Waals surface area contributed by atoms with Crippen LogP contribution in [0.3, 0.4) is 0 Å². The first-order chi connectivity index (χ1) is 11.6. The van der Waals surface area contributed by atoms with Crippen LogP contribution in [0.5, 0.6) is 0 Å². The fraction of sp³-hybridized carbons (Fsp3) is 0.824. The van der Waals surface area contributed by atoms with Crippen molar-refractivity contribution in [3.05, 3.63) is 0 Å². The summed E-state index contributed by atoms with van der Waals surface area (Å²) >= 11 is 0. The molecule has 0 saturated carbocycles. The third-order valence-electron chi connectivity index (χ3n) is 5.54. The van der Waals surface area contributed by atoms with Crippen molar-refractivity contribution in [1.82, 2.24) is 20.4 Å². The van der Waals surface area contributed by atoms with Crippen LogP contribution in [-0.2, 0) is 14.4 Å². The van der Waals surface area contributed by atoms with Crippen molar-refractivity contribution in [3.8, 4) is 0 Å². The van der Waals surface area contributed by atoms with Crippen LogP contribution >= 0.6 is 0 Å². The average Bonchev–Trinajstić information content (AvgIpc) is 3.19. The van der Waals surface area contributed by atoms with E-state index in [2.05, 4.69) is 15.5 Å². The molecule has 3 amide bonds. The number of carbonyl (C=O) groups is 3. The van der Waals surface area contributed by atoms with Crippen LogP contribution in [0, 0.1) is 0 Å². The van der Waals surface area contributed by atoms with Gasteiger partial charge in [0, 0.05) is 13.1 Å². The largest absolute Gasteiger partial charge is 0.357 e. The maximum absolute atomic E-state index is 12.9. The van der Waals surface area contributed by atoms with Gasteiger partial charge >= 0.3 is 0 Å². The van der Waals surface area contributed by atoms with Crippen LogP contribution in [0.4, 0.5) is 0 Å². The van der Waals surface area contributed by atoms with E-state index >= 15 is 0 Å². The van der Waals surface area contributed by atoms with Crippen LogP contribution < -0.4 is 10.6 Å². The monoisotopic (exact) mass is 336 g/mol. The van der Waals surface area contributed by atoms with E-state index in [-0.39, 0.29) is 29.8 Å². The van der Waals surface area contributed by atoms with Gasteiger partial charge in [0.25, 0.3) is 0 Å². The van der Waals surface area contributed by atoms with Crippen molar-refractivity contribution >= 4 is 17.7 Å². The highest BCUT2D eigenvalue weighted by Crippen LogP contribution is 2.31. The van der Waals surface area contributed by atoms with Crippen molar-refractivity contribution in [2.75, 3.05) is 26.7 Å². The normalized spacial score (nSPS) is 30.8. The van der Waals surface area contributed by atoms with Crippen LogP contribution in [0.2, 0.25) is 0 Å². The smallest absolute Gasteiger partial charge is 0.246 e. The lowest BCUT2D eigenvalue weighted by molar-refractivity contribution is -0.142. The Morgan fingerprint density at radius 2 is 1.83 bits per heavy atom. The molecule has 3 rings (SSSR count). The summed E-state index contributed by atoms with van der Waals surface area (Å²) in [6.45, 7) is 2.28. The molecule has 0 spiro atoms. The zero-order chi connectivity index (χ0) is 17.1. The average molecular weight is 336 g/mol. The highest BCUT2D eigenvalue weighted by atomic mass is 16.2. The van der Waals surface area contributed by atoms with Gasteiger partial charge in [-0.15, -0.1) is 0 Å². The van der Waals surface area contributed by atoms with E-state index < -0.39 is 6.04 Å². The third kappa shape index (κ3) is 3.55. The number of likely N-dealkylation sites (tertiary alicyclic amines) is 1. The lowest BCUT2D eigenvalue weighted by atomic mass is 10.1. The number of rotatable bonds is 4. The summed E-state index contributed by atoms with van der Waals surface area (Å²) in [5, 5.41) is 5.58. The Kier molecular flexibility index (Phi) is 5.38. The Bertz CT molecular complexity index is 504. The second kappa shape index (κ2) is 7.51. The minimum Gasteiger partial charge on any atom is -0.357 e. The molecule has 3 aliphatic rings. The Hall–Kier alpha value is -1.63. The summed E-state index contributed by atoms with van der Waals surface area (Å²) in [6, 6.07) is -0.737. The molecule has 0 bridgehead atoms. The molecule has 3 saturated heterocycles. The lowest BCUT2D eigenvalue weighted by Crippen LogP contribution is -2.55. The number of hydrogen-bond acceptors (Lipinski definition) is 4. The lowest BCUT2D eigenvalue weighted by Gasteiger charge is -2.30. The SMILES string of the molecule is CNC(=O)[C@@H]1CC[C@@H]2CCC[C@H](NC(=O)CN3CCCC3)C(=O)N21. The van der Waals surface area contributed by atoms with Gasteiger partial charge in [-0.2, -0.15) is 0 Å². The van der Waals surface area contributed by atoms with Gasteiger partial charge in [0.05, 0.1) is 6.54 Å². The molecule has 134 valence electrons. The molecule has 0 unspecified atom stereocenters. The minimum atomic E-state index is -0.490. The van der Waals surface area contributed by atoms with Crippen molar-refractivity contribution in [2.24, 2.45) is 0 Å². The standard InChI is InChI=1S/C17H28N4O3/c1-18-16(23)14-8-7-12-5-4-6-13(17(24)21(12)14)19-15(22)11-20-9-2-3-10-20/h12-14H,2-11H2,1H3,(H,18,23)(H,19,22)/t12-,13-,14-/m0/s1. The predicted molar refractivity (Wildman–Crippen MR) is 89.2 cm³/mol. The first kappa shape index (κ1) is 17.2. The molecule has 2 N–H and O–H groups in total. The van der Waals surface area contributed by atoms with Gasteiger partial charge in [0.1, 0.15) is 12.1 Å². The number of nitrogens with zero attached hydrogens (tertiary/aromatic N) is 2. The summed E-state index contributed by atoms with van der Waals surface area (Å²) in [5.41, 5.74) is 0. The second-order valence-corrected chi connectivity index (χ2v) is 7.14. The number of likely N-dealkylation sites (N-methyl/N-ethyl adjacent to an activating group) is 1. The van der Waals surface area contributed by atoms with Crippen molar-refractivity contribution in [3.63, 3.8) is 0 Å². The van der Waals surface area contributed by atoms with E-state index in [1.807, 2.05) is 0 Å². The zero-order valence-electron chi connectivity index (χ0n) is 14.4. The number of carbonyl (C=O) groups excluding carboxylic acids is 3. The minimum absolute atomic E-state index is 0.0793. The first-order valence-corrected chi connectivity index (χ1v) is 9.15. The molecule has 0 aromatic heterocycles. The summed E-state index contributed by atoms with van der Waals surface area (Å²) < 4.78 is 0. The van der Waals surface area contributed by atoms with E-state index in [4.69, 9.17) is 0 Å². The maximum atomic E-state index is 12.9. The summed E-state index contributed by atoms with van der Waals surface area (Å²) in [7, 11) is 1.60. The number of hydrogen-bond donors (Lipinski definition) is 2. The Balaban J connectivity index is 1.64. The van der Waals surface area contributed by atoms with E-state index in [1.165, 1.54) is 0 Å². The van der Waals surface area contributed by atoms with E-state index in [9.17, 15) is 14.4 Å². The van der Waals surface area contributed by atoms with Gasteiger partial charge in [-0.1, -0.05) is 0 Å².